The fourth-order valence-corrected chi connectivity index (χ4v) is 2.28. The van der Waals surface area contributed by atoms with Gasteiger partial charge in [-0.05, 0) is 18.2 Å². The van der Waals surface area contributed by atoms with Crippen LogP contribution < -0.4 is 10.6 Å². The Balaban J connectivity index is 2.13. The van der Waals surface area contributed by atoms with Crippen molar-refractivity contribution in [3.8, 4) is 0 Å². The van der Waals surface area contributed by atoms with Crippen LogP contribution in [0, 0.1) is 0 Å². The van der Waals surface area contributed by atoms with E-state index in [-0.39, 0.29) is 11.6 Å². The summed E-state index contributed by atoms with van der Waals surface area (Å²) in [5, 5.41) is 0. The third-order valence-electron chi connectivity index (χ3n) is 3.42. The topological polar surface area (TPSA) is 49.6 Å². The average Bonchev–Trinajstić information content (AvgIpc) is 2.37. The van der Waals surface area contributed by atoms with Gasteiger partial charge in [-0.3, -0.25) is 4.79 Å². The predicted molar refractivity (Wildman–Crippen MR) is 70.3 cm³/mol. The number of nitrogen functional groups attached to an aromatic ring is 1. The summed E-state index contributed by atoms with van der Waals surface area (Å²) in [4.78, 5) is 14.8. The number of carbonyl (C=O) groups excluding carboxylic acids is 1. The molecule has 1 heterocycles. The molecule has 1 aromatic rings. The normalized spacial score (nSPS) is 16.4. The van der Waals surface area contributed by atoms with Crippen LogP contribution in [-0.4, -0.2) is 37.0 Å². The third kappa shape index (κ3) is 2.97. The highest BCUT2D eigenvalue weighted by molar-refractivity contribution is 5.74. The molecule has 0 unspecified atom stereocenters. The summed E-state index contributed by atoms with van der Waals surface area (Å²) < 4.78 is 37.7. The number of hydrogen-bond acceptors (Lipinski definition) is 3. The van der Waals surface area contributed by atoms with Gasteiger partial charge in [0.2, 0.25) is 5.91 Å². The molecule has 1 saturated heterocycles. The first-order chi connectivity index (χ1) is 9.29. The molecule has 1 aromatic carbocycles. The second kappa shape index (κ2) is 5.22. The van der Waals surface area contributed by atoms with Crippen LogP contribution in [0.1, 0.15) is 12.5 Å². The predicted octanol–water partition coefficient (Wildman–Crippen LogP) is 1.96. The van der Waals surface area contributed by atoms with Crippen molar-refractivity contribution in [2.45, 2.75) is 13.1 Å². The highest BCUT2D eigenvalue weighted by Gasteiger charge is 2.31. The van der Waals surface area contributed by atoms with Crippen LogP contribution in [-0.2, 0) is 11.0 Å². The molecule has 0 radical (unpaired) electrons. The van der Waals surface area contributed by atoms with Crippen molar-refractivity contribution in [3.05, 3.63) is 23.8 Å². The molecule has 20 heavy (non-hydrogen) atoms. The van der Waals surface area contributed by atoms with E-state index in [0.717, 1.165) is 12.1 Å². The summed E-state index contributed by atoms with van der Waals surface area (Å²) in [7, 11) is 0. The van der Waals surface area contributed by atoms with Crippen molar-refractivity contribution < 1.29 is 18.0 Å². The van der Waals surface area contributed by atoms with Gasteiger partial charge in [0, 0.05) is 33.1 Å². The van der Waals surface area contributed by atoms with E-state index >= 15 is 0 Å². The summed E-state index contributed by atoms with van der Waals surface area (Å²) in [5.74, 6) is 0.00467. The van der Waals surface area contributed by atoms with Gasteiger partial charge in [-0.2, -0.15) is 13.2 Å². The summed E-state index contributed by atoms with van der Waals surface area (Å²) in [6, 6.07) is 3.37. The molecule has 1 aliphatic heterocycles. The fourth-order valence-electron chi connectivity index (χ4n) is 2.28. The number of nitrogens with zero attached hydrogens (tertiary/aromatic N) is 2. The van der Waals surface area contributed by atoms with Crippen molar-refractivity contribution in [2.75, 3.05) is 36.8 Å². The SMILES string of the molecule is CC(=O)N1CCN(c2ccc(C(F)(F)F)cc2N)CC1. The zero-order valence-electron chi connectivity index (χ0n) is 11.1. The lowest BCUT2D eigenvalue weighted by molar-refractivity contribution is -0.137. The second-order valence-electron chi connectivity index (χ2n) is 4.76. The van der Waals surface area contributed by atoms with Gasteiger partial charge in [-0.1, -0.05) is 0 Å². The maximum atomic E-state index is 12.6. The van der Waals surface area contributed by atoms with Crippen molar-refractivity contribution in [1.29, 1.82) is 0 Å². The number of anilines is 2. The molecule has 2 rings (SSSR count). The largest absolute Gasteiger partial charge is 0.416 e. The Morgan fingerprint density at radius 1 is 1.20 bits per heavy atom. The molecule has 0 aliphatic carbocycles. The van der Waals surface area contributed by atoms with Crippen molar-refractivity contribution in [1.82, 2.24) is 4.90 Å². The monoisotopic (exact) mass is 287 g/mol. The molecular weight excluding hydrogens is 271 g/mol. The van der Waals surface area contributed by atoms with Crippen LogP contribution in [0.4, 0.5) is 24.5 Å². The lowest BCUT2D eigenvalue weighted by Crippen LogP contribution is -2.48. The van der Waals surface area contributed by atoms with E-state index in [1.165, 1.54) is 13.0 Å². The molecule has 1 amide bonds. The zero-order chi connectivity index (χ0) is 14.9. The zero-order valence-corrected chi connectivity index (χ0v) is 11.1. The van der Waals surface area contributed by atoms with E-state index in [4.69, 9.17) is 5.73 Å². The van der Waals surface area contributed by atoms with E-state index in [9.17, 15) is 18.0 Å². The Morgan fingerprint density at radius 3 is 2.25 bits per heavy atom. The molecular formula is C13H16F3N3O. The van der Waals surface area contributed by atoms with Gasteiger partial charge in [0.25, 0.3) is 0 Å². The lowest BCUT2D eigenvalue weighted by atomic mass is 10.1. The number of halogens is 3. The summed E-state index contributed by atoms with van der Waals surface area (Å²) >= 11 is 0. The van der Waals surface area contributed by atoms with Gasteiger partial charge in [0.15, 0.2) is 0 Å². The molecule has 7 heteroatoms. The van der Waals surface area contributed by atoms with Gasteiger partial charge in [-0.15, -0.1) is 0 Å². The minimum Gasteiger partial charge on any atom is -0.397 e. The van der Waals surface area contributed by atoms with E-state index in [2.05, 4.69) is 0 Å². The highest BCUT2D eigenvalue weighted by Crippen LogP contribution is 2.34. The number of hydrogen-bond donors (Lipinski definition) is 1. The molecule has 1 aliphatic rings. The number of nitrogens with two attached hydrogens (primary N) is 1. The summed E-state index contributed by atoms with van der Waals surface area (Å²) in [6.07, 6.45) is -4.39. The minimum atomic E-state index is -4.39. The van der Waals surface area contributed by atoms with Gasteiger partial charge >= 0.3 is 6.18 Å². The van der Waals surface area contributed by atoms with Crippen LogP contribution in [0.5, 0.6) is 0 Å². The lowest BCUT2D eigenvalue weighted by Gasteiger charge is -2.36. The van der Waals surface area contributed by atoms with E-state index in [1.54, 1.807) is 4.90 Å². The first-order valence-electron chi connectivity index (χ1n) is 6.26. The first kappa shape index (κ1) is 14.5. The van der Waals surface area contributed by atoms with Crippen LogP contribution in [0.2, 0.25) is 0 Å². The van der Waals surface area contributed by atoms with Crippen LogP contribution >= 0.6 is 0 Å². The number of benzene rings is 1. The molecule has 2 N–H and O–H groups in total. The smallest absolute Gasteiger partial charge is 0.397 e. The Bertz CT molecular complexity index is 508. The highest BCUT2D eigenvalue weighted by atomic mass is 19.4. The van der Waals surface area contributed by atoms with Crippen LogP contribution in [0.3, 0.4) is 0 Å². The van der Waals surface area contributed by atoms with Gasteiger partial charge in [0.05, 0.1) is 16.9 Å². The van der Waals surface area contributed by atoms with Crippen molar-refractivity contribution >= 4 is 17.3 Å². The minimum absolute atomic E-state index is 0.00467. The van der Waals surface area contributed by atoms with E-state index in [1.807, 2.05) is 4.90 Å². The molecule has 0 bridgehead atoms. The summed E-state index contributed by atoms with van der Waals surface area (Å²) in [6.45, 7) is 3.73. The maximum Gasteiger partial charge on any atom is 0.416 e. The van der Waals surface area contributed by atoms with E-state index in [0.29, 0.717) is 31.9 Å². The number of amides is 1. The number of carbonyl (C=O) groups is 1. The number of rotatable bonds is 1. The van der Waals surface area contributed by atoms with Gasteiger partial charge < -0.3 is 15.5 Å². The second-order valence-corrected chi connectivity index (χ2v) is 4.76. The summed E-state index contributed by atoms with van der Waals surface area (Å²) in [5.41, 5.74) is 5.66. The Hall–Kier alpha value is -1.92. The maximum absolute atomic E-state index is 12.6. The molecule has 0 aromatic heterocycles. The van der Waals surface area contributed by atoms with Crippen LogP contribution in [0.15, 0.2) is 18.2 Å². The molecule has 0 spiro atoms. The molecule has 0 saturated carbocycles. The fraction of sp³-hybridized carbons (Fsp3) is 0.462. The number of piperazine rings is 1. The molecule has 110 valence electrons. The van der Waals surface area contributed by atoms with Gasteiger partial charge in [0.1, 0.15) is 0 Å². The standard InChI is InChI=1S/C13H16F3N3O/c1-9(20)18-4-6-19(7-5-18)12-3-2-10(8-11(12)17)13(14,15)16/h2-3,8H,4-7,17H2,1H3. The Morgan fingerprint density at radius 2 is 1.80 bits per heavy atom. The van der Waals surface area contributed by atoms with Crippen molar-refractivity contribution in [3.63, 3.8) is 0 Å². The van der Waals surface area contributed by atoms with Crippen molar-refractivity contribution in [2.24, 2.45) is 0 Å². The number of alkyl halides is 3. The Kier molecular flexibility index (Phi) is 3.78. The van der Waals surface area contributed by atoms with Gasteiger partial charge in [-0.25, -0.2) is 0 Å². The quantitative estimate of drug-likeness (QED) is 0.803. The third-order valence-corrected chi connectivity index (χ3v) is 3.42. The van der Waals surface area contributed by atoms with Crippen LogP contribution in [0.25, 0.3) is 0 Å². The Labute approximate surface area is 114 Å². The molecule has 0 atom stereocenters. The first-order valence-corrected chi connectivity index (χ1v) is 6.26. The van der Waals surface area contributed by atoms with E-state index < -0.39 is 11.7 Å². The average molecular weight is 287 g/mol. The molecule has 4 nitrogen and oxygen atoms in total. The molecule has 1 fully saturated rings.